The molecule has 0 amide bonds. The quantitative estimate of drug-likeness (QED) is 0.251. The number of oxazole rings is 1. The molecule has 7 nitrogen and oxygen atoms in total. The van der Waals surface area contributed by atoms with Crippen LogP contribution in [-0.4, -0.2) is 37.1 Å². The van der Waals surface area contributed by atoms with E-state index in [4.69, 9.17) is 13.9 Å². The lowest BCUT2D eigenvalue weighted by molar-refractivity contribution is -0.143. The smallest absolute Gasteiger partial charge is 0.337 e. The monoisotopic (exact) mass is 484 g/mol. The van der Waals surface area contributed by atoms with Crippen LogP contribution in [0.25, 0.3) is 22.6 Å². The largest absolute Gasteiger partial charge is 0.465 e. The maximum absolute atomic E-state index is 11.9. The van der Waals surface area contributed by atoms with Crippen molar-refractivity contribution in [3.05, 3.63) is 101 Å². The van der Waals surface area contributed by atoms with Crippen LogP contribution in [0, 0.1) is 6.92 Å². The molecule has 0 aliphatic heterocycles. The number of ether oxygens (including phenoxy) is 2. The number of aryl methyl sites for hydroxylation is 1. The summed E-state index contributed by atoms with van der Waals surface area (Å²) >= 11 is 0. The van der Waals surface area contributed by atoms with E-state index in [1.54, 1.807) is 19.1 Å². The number of carbonyl (C=O) groups is 2. The van der Waals surface area contributed by atoms with Crippen LogP contribution in [0.3, 0.4) is 0 Å². The molecular weight excluding hydrogens is 456 g/mol. The van der Waals surface area contributed by atoms with Gasteiger partial charge in [-0.2, -0.15) is 0 Å². The highest BCUT2D eigenvalue weighted by atomic mass is 16.5. The Kier molecular flexibility index (Phi) is 8.26. The number of benzene rings is 3. The molecule has 0 spiro atoms. The van der Waals surface area contributed by atoms with Crippen LogP contribution in [-0.2, 0) is 27.3 Å². The fourth-order valence-corrected chi connectivity index (χ4v) is 3.74. The van der Waals surface area contributed by atoms with Gasteiger partial charge in [-0.25, -0.2) is 9.78 Å². The van der Waals surface area contributed by atoms with Gasteiger partial charge < -0.3 is 19.2 Å². The van der Waals surface area contributed by atoms with Crippen molar-refractivity contribution in [3.63, 3.8) is 0 Å². The van der Waals surface area contributed by atoms with Gasteiger partial charge in [-0.1, -0.05) is 66.7 Å². The highest BCUT2D eigenvalue weighted by Crippen LogP contribution is 2.33. The average molecular weight is 485 g/mol. The zero-order valence-electron chi connectivity index (χ0n) is 20.3. The lowest BCUT2D eigenvalue weighted by Gasteiger charge is -2.07. The number of nitrogens with one attached hydrogen (secondary N) is 1. The SMILES string of the molecule is COC(=O)c1ccc(-c2nc(C)oc2-c2ccc(CCNCC(=O)OCc3ccccc3)cc2)cc1. The molecule has 0 saturated carbocycles. The van der Waals surface area contributed by atoms with Gasteiger partial charge in [0.1, 0.15) is 12.3 Å². The maximum Gasteiger partial charge on any atom is 0.337 e. The molecule has 0 unspecified atom stereocenters. The molecule has 184 valence electrons. The van der Waals surface area contributed by atoms with Crippen LogP contribution in [0.2, 0.25) is 0 Å². The fourth-order valence-electron chi connectivity index (χ4n) is 3.74. The lowest BCUT2D eigenvalue weighted by Crippen LogP contribution is -2.26. The average Bonchev–Trinajstić information content (AvgIpc) is 3.32. The highest BCUT2D eigenvalue weighted by molar-refractivity contribution is 5.90. The van der Waals surface area contributed by atoms with Gasteiger partial charge in [0.15, 0.2) is 11.7 Å². The third kappa shape index (κ3) is 6.46. The molecule has 4 aromatic rings. The first-order chi connectivity index (χ1) is 17.5. The molecule has 1 N–H and O–H groups in total. The first kappa shape index (κ1) is 24.9. The Hall–Kier alpha value is -4.23. The van der Waals surface area contributed by atoms with E-state index < -0.39 is 0 Å². The van der Waals surface area contributed by atoms with Crippen molar-refractivity contribution >= 4 is 11.9 Å². The van der Waals surface area contributed by atoms with Crippen molar-refractivity contribution in [2.45, 2.75) is 20.0 Å². The van der Waals surface area contributed by atoms with E-state index in [1.165, 1.54) is 7.11 Å². The van der Waals surface area contributed by atoms with Gasteiger partial charge in [0.2, 0.25) is 0 Å². The number of rotatable bonds is 10. The molecule has 0 aliphatic carbocycles. The van der Waals surface area contributed by atoms with Crippen LogP contribution in [0.15, 0.2) is 83.3 Å². The van der Waals surface area contributed by atoms with Gasteiger partial charge >= 0.3 is 11.9 Å². The van der Waals surface area contributed by atoms with Gasteiger partial charge in [-0.15, -0.1) is 0 Å². The predicted octanol–water partition coefficient (Wildman–Crippen LogP) is 4.98. The summed E-state index contributed by atoms with van der Waals surface area (Å²) in [5.74, 6) is 0.572. The molecule has 0 aliphatic rings. The third-order valence-corrected chi connectivity index (χ3v) is 5.63. The first-order valence-electron chi connectivity index (χ1n) is 11.7. The van der Waals surface area contributed by atoms with Gasteiger partial charge in [-0.3, -0.25) is 4.79 Å². The van der Waals surface area contributed by atoms with Crippen molar-refractivity contribution in [2.75, 3.05) is 20.2 Å². The normalized spacial score (nSPS) is 10.7. The van der Waals surface area contributed by atoms with E-state index in [2.05, 4.69) is 10.3 Å². The minimum Gasteiger partial charge on any atom is -0.465 e. The fraction of sp³-hybridized carbons (Fsp3) is 0.207. The Bertz CT molecular complexity index is 1300. The van der Waals surface area contributed by atoms with E-state index in [-0.39, 0.29) is 25.1 Å². The zero-order valence-corrected chi connectivity index (χ0v) is 20.3. The standard InChI is InChI=1S/C29H28N2O5/c1-20-31-27(23-12-14-25(15-13-23)29(33)34-2)28(36-20)24-10-8-21(9-11-24)16-17-30-18-26(32)35-19-22-6-4-3-5-7-22/h3-15,30H,16-19H2,1-2H3. The second-order valence-corrected chi connectivity index (χ2v) is 8.25. The minimum absolute atomic E-state index is 0.167. The second-order valence-electron chi connectivity index (χ2n) is 8.25. The molecular formula is C29H28N2O5. The van der Waals surface area contributed by atoms with E-state index in [1.807, 2.05) is 66.7 Å². The van der Waals surface area contributed by atoms with Crippen molar-refractivity contribution in [1.29, 1.82) is 0 Å². The summed E-state index contributed by atoms with van der Waals surface area (Å²) < 4.78 is 15.9. The summed E-state index contributed by atoms with van der Waals surface area (Å²) in [7, 11) is 1.36. The number of hydrogen-bond acceptors (Lipinski definition) is 7. The molecule has 36 heavy (non-hydrogen) atoms. The summed E-state index contributed by atoms with van der Waals surface area (Å²) in [4.78, 5) is 28.2. The summed E-state index contributed by atoms with van der Waals surface area (Å²) in [5, 5.41) is 3.13. The van der Waals surface area contributed by atoms with Crippen LogP contribution in [0.4, 0.5) is 0 Å². The van der Waals surface area contributed by atoms with Crippen molar-refractivity contribution in [2.24, 2.45) is 0 Å². The van der Waals surface area contributed by atoms with Crippen LogP contribution >= 0.6 is 0 Å². The van der Waals surface area contributed by atoms with Gasteiger partial charge in [0.05, 0.1) is 19.2 Å². The molecule has 0 saturated heterocycles. The summed E-state index contributed by atoms with van der Waals surface area (Å²) in [6, 6.07) is 24.8. The van der Waals surface area contributed by atoms with Crippen LogP contribution < -0.4 is 5.32 Å². The van der Waals surface area contributed by atoms with E-state index in [0.29, 0.717) is 29.5 Å². The molecule has 4 rings (SSSR count). The lowest BCUT2D eigenvalue weighted by atomic mass is 10.0. The number of nitrogens with zero attached hydrogens (tertiary/aromatic N) is 1. The summed E-state index contributed by atoms with van der Waals surface area (Å²) in [5.41, 5.74) is 5.04. The molecule has 1 heterocycles. The highest BCUT2D eigenvalue weighted by Gasteiger charge is 2.16. The Morgan fingerprint density at radius 2 is 1.58 bits per heavy atom. The molecule has 7 heteroatoms. The first-order valence-corrected chi connectivity index (χ1v) is 11.7. The summed E-state index contributed by atoms with van der Waals surface area (Å²) in [6.45, 7) is 2.90. The van der Waals surface area contributed by atoms with E-state index in [9.17, 15) is 9.59 Å². The molecule has 0 atom stereocenters. The molecule has 0 bridgehead atoms. The zero-order chi connectivity index (χ0) is 25.3. The van der Waals surface area contributed by atoms with Crippen LogP contribution in [0.1, 0.15) is 27.4 Å². The molecule has 0 fully saturated rings. The topological polar surface area (TPSA) is 90.7 Å². The van der Waals surface area contributed by atoms with Gasteiger partial charge in [0.25, 0.3) is 0 Å². The Labute approximate surface area is 210 Å². The molecule has 0 radical (unpaired) electrons. The van der Waals surface area contributed by atoms with E-state index >= 15 is 0 Å². The minimum atomic E-state index is -0.382. The van der Waals surface area contributed by atoms with Crippen molar-refractivity contribution in [1.82, 2.24) is 10.3 Å². The Balaban J connectivity index is 1.31. The molecule has 1 aromatic heterocycles. The Morgan fingerprint density at radius 3 is 2.28 bits per heavy atom. The second kappa shape index (κ2) is 12.0. The number of esters is 2. The van der Waals surface area contributed by atoms with Crippen molar-refractivity contribution in [3.8, 4) is 22.6 Å². The number of carbonyl (C=O) groups excluding carboxylic acids is 2. The maximum atomic E-state index is 11.9. The number of aromatic nitrogens is 1. The van der Waals surface area contributed by atoms with Gasteiger partial charge in [-0.05, 0) is 36.2 Å². The van der Waals surface area contributed by atoms with Crippen LogP contribution in [0.5, 0.6) is 0 Å². The van der Waals surface area contributed by atoms with Gasteiger partial charge in [0, 0.05) is 18.1 Å². The van der Waals surface area contributed by atoms with E-state index in [0.717, 1.165) is 28.7 Å². The number of hydrogen-bond donors (Lipinski definition) is 1. The molecule has 3 aromatic carbocycles. The predicted molar refractivity (Wildman–Crippen MR) is 136 cm³/mol. The number of methoxy groups -OCH3 is 1. The third-order valence-electron chi connectivity index (χ3n) is 5.63. The summed E-state index contributed by atoms with van der Waals surface area (Å²) in [6.07, 6.45) is 0.767. The van der Waals surface area contributed by atoms with Crippen molar-refractivity contribution < 1.29 is 23.5 Å². The Morgan fingerprint density at radius 1 is 0.889 bits per heavy atom.